The molecule has 4 heteroatoms. The van der Waals surface area contributed by atoms with Gasteiger partial charge in [0.25, 0.3) is 0 Å². The van der Waals surface area contributed by atoms with Gasteiger partial charge in [0.2, 0.25) is 5.91 Å². The molecule has 0 unspecified atom stereocenters. The minimum Gasteiger partial charge on any atom is -0.481 e. The predicted octanol–water partition coefficient (Wildman–Crippen LogP) is 0.932. The predicted molar refractivity (Wildman–Crippen MR) is 49.3 cm³/mol. The average molecular weight is 185 g/mol. The highest BCUT2D eigenvalue weighted by atomic mass is 16.4. The van der Waals surface area contributed by atoms with Crippen molar-refractivity contribution in [1.29, 1.82) is 0 Å². The number of carboxylic acids is 1. The van der Waals surface area contributed by atoms with E-state index in [0.29, 0.717) is 12.8 Å². The molecule has 13 heavy (non-hydrogen) atoms. The van der Waals surface area contributed by atoms with Gasteiger partial charge in [-0.3, -0.25) is 9.59 Å². The molecular formula is C9H15NO3. The standard InChI is InChI=1S/C9H15NO3/c1-3-4-5-8(11)10-7(2)6-9(12)13/h3,7H,1,4-6H2,2H3,(H,10,11)(H,12,13)/t7-/m0/s1. The summed E-state index contributed by atoms with van der Waals surface area (Å²) in [5.74, 6) is -1.04. The van der Waals surface area contributed by atoms with E-state index in [9.17, 15) is 9.59 Å². The second kappa shape index (κ2) is 6.22. The van der Waals surface area contributed by atoms with Gasteiger partial charge in [-0.1, -0.05) is 6.08 Å². The van der Waals surface area contributed by atoms with Crippen LogP contribution in [0.25, 0.3) is 0 Å². The summed E-state index contributed by atoms with van der Waals surface area (Å²) in [6, 6.07) is -0.310. The van der Waals surface area contributed by atoms with Crippen LogP contribution in [0.15, 0.2) is 12.7 Å². The Morgan fingerprint density at radius 2 is 2.23 bits per heavy atom. The molecule has 1 atom stereocenters. The summed E-state index contributed by atoms with van der Waals surface area (Å²) < 4.78 is 0. The van der Waals surface area contributed by atoms with Crippen molar-refractivity contribution in [2.75, 3.05) is 0 Å². The van der Waals surface area contributed by atoms with Gasteiger partial charge < -0.3 is 10.4 Å². The van der Waals surface area contributed by atoms with E-state index in [-0.39, 0.29) is 18.4 Å². The molecule has 0 aliphatic carbocycles. The van der Waals surface area contributed by atoms with Crippen LogP contribution in [0, 0.1) is 0 Å². The molecule has 0 aromatic carbocycles. The second-order valence-electron chi connectivity index (χ2n) is 2.89. The summed E-state index contributed by atoms with van der Waals surface area (Å²) in [5.41, 5.74) is 0. The first kappa shape index (κ1) is 11.7. The molecule has 0 aliphatic rings. The minimum atomic E-state index is -0.906. The number of carbonyl (C=O) groups excluding carboxylic acids is 1. The number of hydrogen-bond donors (Lipinski definition) is 2. The second-order valence-corrected chi connectivity index (χ2v) is 2.89. The van der Waals surface area contributed by atoms with Crippen LogP contribution in [0.4, 0.5) is 0 Å². The molecule has 4 nitrogen and oxygen atoms in total. The summed E-state index contributed by atoms with van der Waals surface area (Å²) in [5, 5.41) is 11.0. The number of carbonyl (C=O) groups is 2. The van der Waals surface area contributed by atoms with Gasteiger partial charge in [0, 0.05) is 12.5 Å². The Kier molecular flexibility index (Phi) is 5.59. The van der Waals surface area contributed by atoms with Crippen molar-refractivity contribution in [2.24, 2.45) is 0 Å². The van der Waals surface area contributed by atoms with E-state index < -0.39 is 5.97 Å². The topological polar surface area (TPSA) is 66.4 Å². The van der Waals surface area contributed by atoms with Crippen molar-refractivity contribution in [1.82, 2.24) is 5.32 Å². The molecule has 2 N–H and O–H groups in total. The Balaban J connectivity index is 3.64. The summed E-state index contributed by atoms with van der Waals surface area (Å²) >= 11 is 0. The maximum Gasteiger partial charge on any atom is 0.305 e. The molecular weight excluding hydrogens is 170 g/mol. The van der Waals surface area contributed by atoms with Gasteiger partial charge >= 0.3 is 5.97 Å². The molecule has 0 bridgehead atoms. The van der Waals surface area contributed by atoms with Crippen LogP contribution in [0.2, 0.25) is 0 Å². The number of aliphatic carboxylic acids is 1. The first-order chi connectivity index (χ1) is 6.06. The molecule has 0 aromatic heterocycles. The van der Waals surface area contributed by atoms with Crippen LogP contribution in [0.1, 0.15) is 26.2 Å². The zero-order valence-electron chi connectivity index (χ0n) is 7.75. The van der Waals surface area contributed by atoms with Gasteiger partial charge in [-0.2, -0.15) is 0 Å². The molecule has 0 heterocycles. The number of rotatable bonds is 6. The fourth-order valence-electron chi connectivity index (χ4n) is 0.893. The summed E-state index contributed by atoms with van der Waals surface area (Å²) in [4.78, 5) is 21.3. The smallest absolute Gasteiger partial charge is 0.305 e. The van der Waals surface area contributed by atoms with Gasteiger partial charge in [-0.15, -0.1) is 6.58 Å². The first-order valence-electron chi connectivity index (χ1n) is 4.18. The first-order valence-corrected chi connectivity index (χ1v) is 4.18. The Morgan fingerprint density at radius 1 is 1.62 bits per heavy atom. The third-order valence-corrected chi connectivity index (χ3v) is 1.46. The fraction of sp³-hybridized carbons (Fsp3) is 0.556. The quantitative estimate of drug-likeness (QED) is 0.605. The fourth-order valence-corrected chi connectivity index (χ4v) is 0.893. The number of nitrogens with one attached hydrogen (secondary N) is 1. The molecule has 0 spiro atoms. The van der Waals surface area contributed by atoms with E-state index in [4.69, 9.17) is 5.11 Å². The van der Waals surface area contributed by atoms with Gasteiger partial charge in [-0.05, 0) is 13.3 Å². The summed E-state index contributed by atoms with van der Waals surface area (Å²) in [7, 11) is 0. The molecule has 0 aromatic rings. The lowest BCUT2D eigenvalue weighted by atomic mass is 10.2. The largest absolute Gasteiger partial charge is 0.481 e. The van der Waals surface area contributed by atoms with Crippen LogP contribution >= 0.6 is 0 Å². The minimum absolute atomic E-state index is 0.0418. The number of carboxylic acid groups (broad SMARTS) is 1. The van der Waals surface area contributed by atoms with Gasteiger partial charge in [-0.25, -0.2) is 0 Å². The van der Waals surface area contributed by atoms with Crippen molar-refractivity contribution < 1.29 is 14.7 Å². The van der Waals surface area contributed by atoms with E-state index in [1.807, 2.05) is 0 Å². The van der Waals surface area contributed by atoms with Gasteiger partial charge in [0.1, 0.15) is 0 Å². The Morgan fingerprint density at radius 3 is 2.69 bits per heavy atom. The van der Waals surface area contributed by atoms with Crippen molar-refractivity contribution in [3.05, 3.63) is 12.7 Å². The molecule has 0 radical (unpaired) electrons. The number of amides is 1. The highest BCUT2D eigenvalue weighted by Crippen LogP contribution is 1.94. The third kappa shape index (κ3) is 7.05. The normalized spacial score (nSPS) is 11.8. The SMILES string of the molecule is C=CCCC(=O)N[C@@H](C)CC(=O)O. The molecule has 0 aliphatic heterocycles. The lowest BCUT2D eigenvalue weighted by molar-refractivity contribution is -0.137. The van der Waals surface area contributed by atoms with Crippen LogP contribution in [0.5, 0.6) is 0 Å². The molecule has 1 amide bonds. The summed E-state index contributed by atoms with van der Waals surface area (Å²) in [6.45, 7) is 5.15. The highest BCUT2D eigenvalue weighted by Gasteiger charge is 2.09. The summed E-state index contributed by atoms with van der Waals surface area (Å²) in [6.07, 6.45) is 2.60. The molecule has 0 saturated carbocycles. The van der Waals surface area contributed by atoms with E-state index in [1.54, 1.807) is 13.0 Å². The third-order valence-electron chi connectivity index (χ3n) is 1.46. The van der Waals surface area contributed by atoms with E-state index in [1.165, 1.54) is 0 Å². The Hall–Kier alpha value is -1.32. The van der Waals surface area contributed by atoms with Gasteiger partial charge in [0.05, 0.1) is 6.42 Å². The zero-order valence-corrected chi connectivity index (χ0v) is 7.75. The molecule has 74 valence electrons. The highest BCUT2D eigenvalue weighted by molar-refractivity contribution is 5.77. The molecule has 0 fully saturated rings. The Bertz CT molecular complexity index is 201. The van der Waals surface area contributed by atoms with Crippen molar-refractivity contribution in [3.63, 3.8) is 0 Å². The van der Waals surface area contributed by atoms with Crippen molar-refractivity contribution in [3.8, 4) is 0 Å². The van der Waals surface area contributed by atoms with Crippen LogP contribution in [0.3, 0.4) is 0 Å². The maximum atomic E-state index is 11.0. The Labute approximate surface area is 77.6 Å². The molecule has 0 saturated heterocycles. The number of hydrogen-bond acceptors (Lipinski definition) is 2. The van der Waals surface area contributed by atoms with Crippen LogP contribution in [-0.4, -0.2) is 23.0 Å². The zero-order chi connectivity index (χ0) is 10.3. The lowest BCUT2D eigenvalue weighted by Gasteiger charge is -2.10. The van der Waals surface area contributed by atoms with Gasteiger partial charge in [0.15, 0.2) is 0 Å². The van der Waals surface area contributed by atoms with E-state index in [0.717, 1.165) is 0 Å². The van der Waals surface area contributed by atoms with Crippen LogP contribution < -0.4 is 5.32 Å². The monoisotopic (exact) mass is 185 g/mol. The average Bonchev–Trinajstić information content (AvgIpc) is 1.98. The van der Waals surface area contributed by atoms with E-state index >= 15 is 0 Å². The lowest BCUT2D eigenvalue weighted by Crippen LogP contribution is -2.33. The van der Waals surface area contributed by atoms with Crippen LogP contribution in [-0.2, 0) is 9.59 Å². The van der Waals surface area contributed by atoms with Crippen molar-refractivity contribution >= 4 is 11.9 Å². The maximum absolute atomic E-state index is 11.0. The number of allylic oxidation sites excluding steroid dienone is 1. The van der Waals surface area contributed by atoms with Crippen molar-refractivity contribution in [2.45, 2.75) is 32.2 Å². The molecule has 0 rings (SSSR count). The van der Waals surface area contributed by atoms with E-state index in [2.05, 4.69) is 11.9 Å².